The number of alkyl halides is 3. The van der Waals surface area contributed by atoms with Crippen molar-refractivity contribution in [2.45, 2.75) is 42.9 Å². The van der Waals surface area contributed by atoms with Crippen molar-refractivity contribution in [2.24, 2.45) is 0 Å². The van der Waals surface area contributed by atoms with E-state index in [1.807, 2.05) is 13.8 Å². The lowest BCUT2D eigenvalue weighted by molar-refractivity contribution is -0.137. The lowest BCUT2D eigenvalue weighted by Gasteiger charge is -2.38. The van der Waals surface area contributed by atoms with Gasteiger partial charge in [0.15, 0.2) is 0 Å². The van der Waals surface area contributed by atoms with Crippen molar-refractivity contribution >= 4 is 26.7 Å². The van der Waals surface area contributed by atoms with Crippen molar-refractivity contribution in [2.75, 3.05) is 11.8 Å². The van der Waals surface area contributed by atoms with E-state index in [2.05, 4.69) is 14.1 Å². The maximum absolute atomic E-state index is 13.2. The zero-order chi connectivity index (χ0) is 24.0. The van der Waals surface area contributed by atoms with Crippen molar-refractivity contribution in [1.29, 1.82) is 0 Å². The third-order valence-corrected chi connectivity index (χ3v) is 7.32. The highest BCUT2D eigenvalue weighted by Gasteiger charge is 2.38. The summed E-state index contributed by atoms with van der Waals surface area (Å²) in [6, 6.07) is 7.84. The highest BCUT2D eigenvalue weighted by molar-refractivity contribution is 7.93. The van der Waals surface area contributed by atoms with Crippen molar-refractivity contribution in [1.82, 2.24) is 9.36 Å². The van der Waals surface area contributed by atoms with E-state index in [1.165, 1.54) is 31.6 Å². The summed E-state index contributed by atoms with van der Waals surface area (Å²) in [4.78, 5) is 3.79. The van der Waals surface area contributed by atoms with Crippen molar-refractivity contribution < 1.29 is 31.1 Å². The minimum absolute atomic E-state index is 0.0349. The van der Waals surface area contributed by atoms with Gasteiger partial charge >= 0.3 is 6.18 Å². The van der Waals surface area contributed by atoms with Crippen LogP contribution in [0.4, 0.5) is 18.3 Å². The number of benzene rings is 2. The van der Waals surface area contributed by atoms with E-state index in [1.54, 1.807) is 6.07 Å². The average molecular weight is 500 g/mol. The van der Waals surface area contributed by atoms with Gasteiger partial charge in [-0.25, -0.2) is 13.4 Å². The standard InChI is InChI=1S/C21H20F3N3O4S2/c1-20(2)10-16(14-6-4-12(21(22,23)24)8-17(14)30-3)15-7-5-13(9-18(15)31-20)33(28,29)27-19-25-11-26-32-19/h4-9,11,16H,10H2,1-3H3,(H,25,26,27). The third-order valence-electron chi connectivity index (χ3n) is 5.27. The Balaban J connectivity index is 1.77. The molecule has 1 aromatic heterocycles. The van der Waals surface area contributed by atoms with Gasteiger partial charge in [0, 0.05) is 34.6 Å². The first kappa shape index (κ1) is 23.3. The number of anilines is 1. The molecule has 176 valence electrons. The van der Waals surface area contributed by atoms with E-state index in [-0.39, 0.29) is 21.7 Å². The quantitative estimate of drug-likeness (QED) is 0.528. The van der Waals surface area contributed by atoms with Gasteiger partial charge in [-0.3, -0.25) is 4.72 Å². The molecule has 2 aromatic carbocycles. The molecule has 1 aliphatic heterocycles. The topological polar surface area (TPSA) is 90.4 Å². The van der Waals surface area contributed by atoms with Gasteiger partial charge in [-0.2, -0.15) is 17.5 Å². The number of ether oxygens (including phenoxy) is 2. The molecule has 0 bridgehead atoms. The zero-order valence-corrected chi connectivity index (χ0v) is 19.4. The fourth-order valence-corrected chi connectivity index (χ4v) is 5.52. The first-order valence-corrected chi connectivity index (χ1v) is 12.0. The van der Waals surface area contributed by atoms with Gasteiger partial charge in [0.1, 0.15) is 23.4 Å². The number of rotatable bonds is 5. The number of hydrogen-bond donors (Lipinski definition) is 1. The minimum Gasteiger partial charge on any atom is -0.496 e. The van der Waals surface area contributed by atoms with Crippen molar-refractivity contribution in [3.8, 4) is 11.5 Å². The summed E-state index contributed by atoms with van der Waals surface area (Å²) in [5.41, 5.74) is -0.299. The number of nitrogens with one attached hydrogen (secondary N) is 1. The Morgan fingerprint density at radius 3 is 2.55 bits per heavy atom. The molecule has 12 heteroatoms. The van der Waals surface area contributed by atoms with E-state index < -0.39 is 27.4 Å². The molecular formula is C21H20F3N3O4S2. The van der Waals surface area contributed by atoms with Crippen LogP contribution in [0.1, 0.15) is 42.9 Å². The maximum atomic E-state index is 13.2. The van der Waals surface area contributed by atoms with Crippen LogP contribution in [0, 0.1) is 0 Å². The molecular weight excluding hydrogens is 479 g/mol. The van der Waals surface area contributed by atoms with Crippen LogP contribution in [0.3, 0.4) is 0 Å². The third kappa shape index (κ3) is 4.76. The summed E-state index contributed by atoms with van der Waals surface area (Å²) in [5.74, 6) is 0.0697. The summed E-state index contributed by atoms with van der Waals surface area (Å²) in [6.45, 7) is 3.67. The van der Waals surface area contributed by atoms with E-state index in [0.29, 0.717) is 23.3 Å². The number of sulfonamides is 1. The molecule has 0 radical (unpaired) electrons. The Kier molecular flexibility index (Phi) is 5.77. The van der Waals surface area contributed by atoms with E-state index >= 15 is 0 Å². The lowest BCUT2D eigenvalue weighted by atomic mass is 9.79. The van der Waals surface area contributed by atoms with Gasteiger partial charge < -0.3 is 9.47 Å². The lowest BCUT2D eigenvalue weighted by Crippen LogP contribution is -2.35. The van der Waals surface area contributed by atoms with Gasteiger partial charge in [0.25, 0.3) is 10.0 Å². The van der Waals surface area contributed by atoms with Crippen LogP contribution >= 0.6 is 11.5 Å². The van der Waals surface area contributed by atoms with Crippen LogP contribution in [0.25, 0.3) is 0 Å². The molecule has 1 unspecified atom stereocenters. The Hall–Kier alpha value is -2.86. The Morgan fingerprint density at radius 2 is 1.91 bits per heavy atom. The molecule has 0 amide bonds. The molecule has 0 saturated heterocycles. The normalized spacial score (nSPS) is 17.7. The number of aromatic nitrogens is 2. The number of hydrogen-bond acceptors (Lipinski definition) is 7. The van der Waals surface area contributed by atoms with E-state index in [9.17, 15) is 21.6 Å². The molecule has 3 aromatic rings. The highest BCUT2D eigenvalue weighted by atomic mass is 32.2. The number of nitrogens with zero attached hydrogens (tertiary/aromatic N) is 2. The zero-order valence-electron chi connectivity index (χ0n) is 17.8. The summed E-state index contributed by atoms with van der Waals surface area (Å²) >= 11 is 0.901. The summed E-state index contributed by atoms with van der Waals surface area (Å²) in [6.07, 6.45) is -2.80. The van der Waals surface area contributed by atoms with Crippen LogP contribution in [-0.2, 0) is 16.2 Å². The van der Waals surface area contributed by atoms with Gasteiger partial charge in [-0.15, -0.1) is 0 Å². The molecule has 0 saturated carbocycles. The summed E-state index contributed by atoms with van der Waals surface area (Å²) < 4.78 is 82.6. The smallest absolute Gasteiger partial charge is 0.416 e. The molecule has 1 atom stereocenters. The molecule has 0 fully saturated rings. The van der Waals surface area contributed by atoms with Crippen LogP contribution in [0.2, 0.25) is 0 Å². The van der Waals surface area contributed by atoms with Crippen LogP contribution in [0.5, 0.6) is 11.5 Å². The second-order valence-electron chi connectivity index (χ2n) is 8.12. The second-order valence-corrected chi connectivity index (χ2v) is 10.6. The molecule has 1 N–H and O–H groups in total. The summed E-state index contributed by atoms with van der Waals surface area (Å²) in [7, 11) is -2.62. The SMILES string of the molecule is COc1cc(C(F)(F)F)ccc1C1CC(C)(C)Oc2cc(S(=O)(=O)Nc3ncns3)ccc21. The summed E-state index contributed by atoms with van der Waals surface area (Å²) in [5, 5.41) is 0.126. The monoisotopic (exact) mass is 499 g/mol. The average Bonchev–Trinajstić information content (AvgIpc) is 3.23. The molecule has 7 nitrogen and oxygen atoms in total. The first-order valence-electron chi connectivity index (χ1n) is 9.77. The molecule has 4 rings (SSSR count). The van der Waals surface area contributed by atoms with Gasteiger partial charge in [-0.1, -0.05) is 12.1 Å². The molecule has 2 heterocycles. The van der Waals surface area contributed by atoms with Gasteiger partial charge in [-0.05, 0) is 38.5 Å². The predicted molar refractivity (Wildman–Crippen MR) is 116 cm³/mol. The van der Waals surface area contributed by atoms with E-state index in [4.69, 9.17) is 9.47 Å². The number of fused-ring (bicyclic) bond motifs is 1. The Labute approximate surface area is 192 Å². The first-order chi connectivity index (χ1) is 15.4. The molecule has 0 aliphatic carbocycles. The number of halogens is 3. The van der Waals surface area contributed by atoms with Gasteiger partial charge in [0.05, 0.1) is 17.6 Å². The minimum atomic E-state index is -4.50. The molecule has 0 spiro atoms. The fourth-order valence-electron chi connectivity index (χ4n) is 3.84. The maximum Gasteiger partial charge on any atom is 0.416 e. The van der Waals surface area contributed by atoms with Gasteiger partial charge in [0.2, 0.25) is 5.13 Å². The fraction of sp³-hybridized carbons (Fsp3) is 0.333. The molecule has 33 heavy (non-hydrogen) atoms. The Morgan fingerprint density at radius 1 is 1.18 bits per heavy atom. The number of methoxy groups -OCH3 is 1. The van der Waals surface area contributed by atoms with Crippen molar-refractivity contribution in [3.63, 3.8) is 0 Å². The van der Waals surface area contributed by atoms with Crippen molar-refractivity contribution in [3.05, 3.63) is 59.4 Å². The van der Waals surface area contributed by atoms with Crippen LogP contribution in [0.15, 0.2) is 47.6 Å². The second kappa shape index (κ2) is 8.17. The molecule has 1 aliphatic rings. The largest absolute Gasteiger partial charge is 0.496 e. The van der Waals surface area contributed by atoms with E-state index in [0.717, 1.165) is 23.7 Å². The van der Waals surface area contributed by atoms with Crippen LogP contribution in [-0.4, -0.2) is 30.5 Å². The highest BCUT2D eigenvalue weighted by Crippen LogP contribution is 2.48. The Bertz CT molecular complexity index is 1280. The van der Waals surface area contributed by atoms with Crippen LogP contribution < -0.4 is 14.2 Å². The predicted octanol–water partition coefficient (Wildman–Crippen LogP) is 5.06.